The minimum Gasteiger partial charge on any atom is -0.377 e. The zero-order chi connectivity index (χ0) is 13.2. The van der Waals surface area contributed by atoms with E-state index >= 15 is 0 Å². The minimum absolute atomic E-state index is 0. The molecular formula is C15H26ClN3O. The van der Waals surface area contributed by atoms with Crippen molar-refractivity contribution < 1.29 is 4.74 Å². The van der Waals surface area contributed by atoms with Crippen molar-refractivity contribution in [3.63, 3.8) is 0 Å². The van der Waals surface area contributed by atoms with Crippen LogP contribution < -0.4 is 5.32 Å². The summed E-state index contributed by atoms with van der Waals surface area (Å²) in [6.45, 7) is 7.20. The molecule has 1 saturated heterocycles. The summed E-state index contributed by atoms with van der Waals surface area (Å²) in [6, 6.07) is 2.73. The van der Waals surface area contributed by atoms with Crippen LogP contribution in [0.5, 0.6) is 0 Å². The average molecular weight is 300 g/mol. The molecule has 1 aliphatic carbocycles. The number of aromatic nitrogens is 2. The van der Waals surface area contributed by atoms with Gasteiger partial charge in [-0.3, -0.25) is 4.68 Å². The Morgan fingerprint density at radius 2 is 2.20 bits per heavy atom. The van der Waals surface area contributed by atoms with Gasteiger partial charge in [-0.15, -0.1) is 12.4 Å². The van der Waals surface area contributed by atoms with E-state index in [0.717, 1.165) is 25.6 Å². The van der Waals surface area contributed by atoms with Crippen LogP contribution in [0.4, 0.5) is 0 Å². The van der Waals surface area contributed by atoms with E-state index in [9.17, 15) is 0 Å². The molecule has 0 aromatic carbocycles. The van der Waals surface area contributed by atoms with Crippen LogP contribution in [0.1, 0.15) is 62.9 Å². The van der Waals surface area contributed by atoms with Crippen LogP contribution in [0, 0.1) is 0 Å². The number of halogens is 1. The van der Waals surface area contributed by atoms with Crippen LogP contribution in [0.3, 0.4) is 0 Å². The highest BCUT2D eigenvalue weighted by molar-refractivity contribution is 5.85. The SMILES string of the molecule is CC(C)n1nc(C2CC2)cc1CNCC1CCCO1.Cl. The standard InChI is InChI=1S/C15H25N3O.ClH/c1-11(2)18-13(8-15(17-18)12-5-6-12)9-16-10-14-4-3-7-19-14;/h8,11-12,14,16H,3-7,9-10H2,1-2H3;1H. The zero-order valence-corrected chi connectivity index (χ0v) is 13.3. The molecule has 1 aromatic rings. The van der Waals surface area contributed by atoms with E-state index in [4.69, 9.17) is 9.84 Å². The second kappa shape index (κ2) is 6.92. The van der Waals surface area contributed by atoms with Crippen molar-refractivity contribution in [2.24, 2.45) is 0 Å². The van der Waals surface area contributed by atoms with Crippen molar-refractivity contribution in [1.29, 1.82) is 0 Å². The summed E-state index contributed by atoms with van der Waals surface area (Å²) >= 11 is 0. The van der Waals surface area contributed by atoms with Crippen LogP contribution in [-0.4, -0.2) is 29.0 Å². The molecule has 5 heteroatoms. The third kappa shape index (κ3) is 3.74. The molecule has 4 nitrogen and oxygen atoms in total. The van der Waals surface area contributed by atoms with E-state index in [1.165, 1.54) is 37.1 Å². The molecule has 1 N–H and O–H groups in total. The van der Waals surface area contributed by atoms with Gasteiger partial charge in [0.2, 0.25) is 0 Å². The number of hydrogen-bond donors (Lipinski definition) is 1. The minimum atomic E-state index is 0. The molecule has 2 fully saturated rings. The molecule has 0 radical (unpaired) electrons. The van der Waals surface area contributed by atoms with Gasteiger partial charge in [0.1, 0.15) is 0 Å². The summed E-state index contributed by atoms with van der Waals surface area (Å²) < 4.78 is 7.81. The molecule has 3 rings (SSSR count). The first-order chi connectivity index (χ1) is 9.24. The van der Waals surface area contributed by atoms with Crippen molar-refractivity contribution >= 4 is 12.4 Å². The zero-order valence-electron chi connectivity index (χ0n) is 12.5. The Kier molecular flexibility index (Phi) is 5.47. The quantitative estimate of drug-likeness (QED) is 0.877. The molecule has 0 spiro atoms. The first-order valence-electron chi connectivity index (χ1n) is 7.64. The third-order valence-corrected chi connectivity index (χ3v) is 4.02. The Morgan fingerprint density at radius 1 is 1.40 bits per heavy atom. The second-order valence-electron chi connectivity index (χ2n) is 6.14. The summed E-state index contributed by atoms with van der Waals surface area (Å²) in [7, 11) is 0. The van der Waals surface area contributed by atoms with Crippen molar-refractivity contribution in [2.75, 3.05) is 13.2 Å². The van der Waals surface area contributed by atoms with Gasteiger partial charge < -0.3 is 10.1 Å². The molecule has 1 aliphatic heterocycles. The Labute approximate surface area is 127 Å². The topological polar surface area (TPSA) is 39.1 Å². The Balaban J connectivity index is 0.00000147. The lowest BCUT2D eigenvalue weighted by molar-refractivity contribution is 0.109. The summed E-state index contributed by atoms with van der Waals surface area (Å²) in [5.41, 5.74) is 2.61. The predicted octanol–water partition coefficient (Wildman–Crippen LogP) is 3.03. The number of hydrogen-bond acceptors (Lipinski definition) is 3. The van der Waals surface area contributed by atoms with E-state index in [1.807, 2.05) is 0 Å². The number of ether oxygens (including phenoxy) is 1. The number of nitrogens with one attached hydrogen (secondary N) is 1. The molecule has 20 heavy (non-hydrogen) atoms. The van der Waals surface area contributed by atoms with Crippen molar-refractivity contribution in [2.45, 2.75) is 64.1 Å². The fourth-order valence-electron chi connectivity index (χ4n) is 2.78. The Hall–Kier alpha value is -0.580. The molecule has 114 valence electrons. The van der Waals surface area contributed by atoms with Gasteiger partial charge in [-0.25, -0.2) is 0 Å². The highest BCUT2D eigenvalue weighted by Crippen LogP contribution is 2.39. The fraction of sp³-hybridized carbons (Fsp3) is 0.800. The summed E-state index contributed by atoms with van der Waals surface area (Å²) in [5.74, 6) is 0.733. The van der Waals surface area contributed by atoms with Gasteiger partial charge in [-0.05, 0) is 45.6 Å². The molecular weight excluding hydrogens is 274 g/mol. The van der Waals surface area contributed by atoms with Gasteiger partial charge >= 0.3 is 0 Å². The van der Waals surface area contributed by atoms with Gasteiger partial charge in [-0.2, -0.15) is 5.10 Å². The van der Waals surface area contributed by atoms with Gasteiger partial charge in [0.05, 0.1) is 17.5 Å². The van der Waals surface area contributed by atoms with E-state index in [-0.39, 0.29) is 12.4 Å². The summed E-state index contributed by atoms with van der Waals surface area (Å²) in [6.07, 6.45) is 5.46. The van der Waals surface area contributed by atoms with Crippen LogP contribution >= 0.6 is 12.4 Å². The first kappa shape index (κ1) is 15.8. The van der Waals surface area contributed by atoms with Crippen LogP contribution in [0.2, 0.25) is 0 Å². The summed E-state index contributed by atoms with van der Waals surface area (Å²) in [5, 5.41) is 8.29. The summed E-state index contributed by atoms with van der Waals surface area (Å²) in [4.78, 5) is 0. The van der Waals surface area contributed by atoms with E-state index < -0.39 is 0 Å². The predicted molar refractivity (Wildman–Crippen MR) is 82.5 cm³/mol. The molecule has 1 atom stereocenters. The van der Waals surface area contributed by atoms with Gasteiger partial charge in [0, 0.05) is 31.7 Å². The molecule has 2 heterocycles. The van der Waals surface area contributed by atoms with Crippen molar-refractivity contribution in [1.82, 2.24) is 15.1 Å². The van der Waals surface area contributed by atoms with Gasteiger partial charge in [0.15, 0.2) is 0 Å². The molecule has 1 unspecified atom stereocenters. The number of rotatable bonds is 6. The van der Waals surface area contributed by atoms with Crippen LogP contribution in [0.25, 0.3) is 0 Å². The highest BCUT2D eigenvalue weighted by atomic mass is 35.5. The lowest BCUT2D eigenvalue weighted by Gasteiger charge is -2.13. The van der Waals surface area contributed by atoms with E-state index in [2.05, 4.69) is 29.9 Å². The maximum Gasteiger partial charge on any atom is 0.0700 e. The Bertz CT molecular complexity index is 423. The van der Waals surface area contributed by atoms with Gasteiger partial charge in [0.25, 0.3) is 0 Å². The van der Waals surface area contributed by atoms with Crippen LogP contribution in [0.15, 0.2) is 6.07 Å². The Morgan fingerprint density at radius 3 is 2.80 bits per heavy atom. The second-order valence-corrected chi connectivity index (χ2v) is 6.14. The largest absolute Gasteiger partial charge is 0.377 e. The average Bonchev–Trinajstić information content (AvgIpc) is 2.94. The lowest BCUT2D eigenvalue weighted by Crippen LogP contribution is -2.27. The number of nitrogens with zero attached hydrogens (tertiary/aromatic N) is 2. The molecule has 1 aromatic heterocycles. The molecule has 1 saturated carbocycles. The lowest BCUT2D eigenvalue weighted by atomic mass is 10.2. The smallest absolute Gasteiger partial charge is 0.0700 e. The van der Waals surface area contributed by atoms with Crippen LogP contribution in [-0.2, 0) is 11.3 Å². The first-order valence-corrected chi connectivity index (χ1v) is 7.64. The molecule has 0 bridgehead atoms. The molecule has 2 aliphatic rings. The van der Waals surface area contributed by atoms with E-state index in [1.54, 1.807) is 0 Å². The normalized spacial score (nSPS) is 22.2. The third-order valence-electron chi connectivity index (χ3n) is 4.02. The molecule has 0 amide bonds. The monoisotopic (exact) mass is 299 g/mol. The maximum atomic E-state index is 5.64. The fourth-order valence-corrected chi connectivity index (χ4v) is 2.78. The highest BCUT2D eigenvalue weighted by Gasteiger charge is 2.27. The maximum absolute atomic E-state index is 5.64. The van der Waals surface area contributed by atoms with Crippen molar-refractivity contribution in [3.8, 4) is 0 Å². The van der Waals surface area contributed by atoms with E-state index in [0.29, 0.717) is 12.1 Å². The van der Waals surface area contributed by atoms with Crippen molar-refractivity contribution in [3.05, 3.63) is 17.5 Å². The van der Waals surface area contributed by atoms with Gasteiger partial charge in [-0.1, -0.05) is 0 Å².